The lowest BCUT2D eigenvalue weighted by molar-refractivity contribution is -0.384. The molecule has 19 heavy (non-hydrogen) atoms. The van der Waals surface area contributed by atoms with Crippen molar-refractivity contribution >= 4 is 17.3 Å². The summed E-state index contributed by atoms with van der Waals surface area (Å²) in [6, 6.07) is 5.13. The number of rotatable bonds is 5. The first kappa shape index (κ1) is 13.5. The Morgan fingerprint density at radius 2 is 2.26 bits per heavy atom. The molecule has 1 aromatic heterocycles. The summed E-state index contributed by atoms with van der Waals surface area (Å²) in [6.45, 7) is 1.70. The third-order valence-electron chi connectivity index (χ3n) is 2.76. The molecule has 0 fully saturated rings. The summed E-state index contributed by atoms with van der Waals surface area (Å²) in [7, 11) is 0. The number of benzene rings is 1. The van der Waals surface area contributed by atoms with Crippen LogP contribution in [0, 0.1) is 17.0 Å². The predicted octanol–water partition coefficient (Wildman–Crippen LogP) is 3.73. The van der Waals surface area contributed by atoms with Crippen molar-refractivity contribution in [3.05, 3.63) is 46.0 Å². The molecule has 0 N–H and O–H groups in total. The Hall–Kier alpha value is -1.88. The van der Waals surface area contributed by atoms with E-state index in [0.29, 0.717) is 35.1 Å². The smallest absolute Gasteiger partial charge is 0.283 e. The van der Waals surface area contributed by atoms with E-state index in [-0.39, 0.29) is 5.69 Å². The van der Waals surface area contributed by atoms with Crippen molar-refractivity contribution in [2.45, 2.75) is 19.8 Å². The molecule has 1 aromatic carbocycles. The van der Waals surface area contributed by atoms with Gasteiger partial charge in [-0.25, -0.2) is 4.98 Å². The SMILES string of the molecule is Cc1cccc(-c2cnc(CCCCl)o2)c1[N+](=O)[O-]. The highest BCUT2D eigenvalue weighted by Crippen LogP contribution is 2.32. The predicted molar refractivity (Wildman–Crippen MR) is 72.4 cm³/mol. The van der Waals surface area contributed by atoms with Crippen LogP contribution < -0.4 is 0 Å². The van der Waals surface area contributed by atoms with Gasteiger partial charge < -0.3 is 4.42 Å². The summed E-state index contributed by atoms with van der Waals surface area (Å²) >= 11 is 5.60. The van der Waals surface area contributed by atoms with Crippen molar-refractivity contribution in [1.29, 1.82) is 0 Å². The van der Waals surface area contributed by atoms with Crippen LogP contribution >= 0.6 is 11.6 Å². The summed E-state index contributed by atoms with van der Waals surface area (Å²) < 4.78 is 5.54. The maximum Gasteiger partial charge on any atom is 0.283 e. The van der Waals surface area contributed by atoms with E-state index >= 15 is 0 Å². The molecule has 0 amide bonds. The zero-order chi connectivity index (χ0) is 13.8. The van der Waals surface area contributed by atoms with Crippen molar-refractivity contribution < 1.29 is 9.34 Å². The van der Waals surface area contributed by atoms with Gasteiger partial charge in [0.15, 0.2) is 11.7 Å². The van der Waals surface area contributed by atoms with Gasteiger partial charge in [-0.05, 0) is 19.4 Å². The van der Waals surface area contributed by atoms with Crippen LogP contribution in [0.5, 0.6) is 0 Å². The van der Waals surface area contributed by atoms with E-state index in [2.05, 4.69) is 4.98 Å². The number of nitrogens with zero attached hydrogens (tertiary/aromatic N) is 2. The van der Waals surface area contributed by atoms with E-state index in [4.69, 9.17) is 16.0 Å². The number of nitro benzene ring substituents is 1. The zero-order valence-electron chi connectivity index (χ0n) is 10.4. The number of nitro groups is 1. The van der Waals surface area contributed by atoms with Crippen LogP contribution in [0.2, 0.25) is 0 Å². The summed E-state index contributed by atoms with van der Waals surface area (Å²) in [6.07, 6.45) is 2.91. The number of aryl methyl sites for hydroxylation is 2. The van der Waals surface area contributed by atoms with E-state index in [1.807, 2.05) is 0 Å². The molecule has 100 valence electrons. The Labute approximate surface area is 115 Å². The topological polar surface area (TPSA) is 69.2 Å². The fraction of sp³-hybridized carbons (Fsp3) is 0.308. The second-order valence-electron chi connectivity index (χ2n) is 4.14. The maximum atomic E-state index is 11.1. The van der Waals surface area contributed by atoms with Gasteiger partial charge in [0.2, 0.25) is 0 Å². The van der Waals surface area contributed by atoms with Gasteiger partial charge in [0.1, 0.15) is 0 Å². The molecule has 0 aliphatic heterocycles. The molecular formula is C13H13ClN2O3. The van der Waals surface area contributed by atoms with Gasteiger partial charge in [-0.2, -0.15) is 0 Å². The fourth-order valence-electron chi connectivity index (χ4n) is 1.87. The van der Waals surface area contributed by atoms with Crippen molar-refractivity contribution in [1.82, 2.24) is 4.98 Å². The first-order valence-electron chi connectivity index (χ1n) is 5.88. The van der Waals surface area contributed by atoms with Gasteiger partial charge in [0.05, 0.1) is 16.7 Å². The average Bonchev–Trinajstić information content (AvgIpc) is 2.84. The zero-order valence-corrected chi connectivity index (χ0v) is 11.2. The average molecular weight is 281 g/mol. The Kier molecular flexibility index (Phi) is 4.16. The largest absolute Gasteiger partial charge is 0.440 e. The summed E-state index contributed by atoms with van der Waals surface area (Å²) in [4.78, 5) is 14.8. The molecule has 0 bridgehead atoms. The van der Waals surface area contributed by atoms with Crippen molar-refractivity contribution in [2.24, 2.45) is 0 Å². The Morgan fingerprint density at radius 1 is 1.47 bits per heavy atom. The summed E-state index contributed by atoms with van der Waals surface area (Å²) in [5.74, 6) is 1.49. The van der Waals surface area contributed by atoms with Gasteiger partial charge >= 0.3 is 0 Å². The van der Waals surface area contributed by atoms with Gasteiger partial charge in [-0.3, -0.25) is 10.1 Å². The lowest BCUT2D eigenvalue weighted by Crippen LogP contribution is -1.94. The Morgan fingerprint density at radius 3 is 2.95 bits per heavy atom. The van der Waals surface area contributed by atoms with E-state index in [9.17, 15) is 10.1 Å². The number of oxazole rings is 1. The molecule has 0 spiro atoms. The van der Waals surface area contributed by atoms with Crippen LogP contribution in [-0.2, 0) is 6.42 Å². The first-order valence-corrected chi connectivity index (χ1v) is 6.42. The molecule has 2 rings (SSSR count). The van der Waals surface area contributed by atoms with E-state index in [0.717, 1.165) is 6.42 Å². The molecule has 1 heterocycles. The Balaban J connectivity index is 2.39. The molecule has 0 radical (unpaired) electrons. The highest BCUT2D eigenvalue weighted by Gasteiger charge is 2.20. The molecule has 0 aliphatic rings. The van der Waals surface area contributed by atoms with Crippen LogP contribution in [0.4, 0.5) is 5.69 Å². The highest BCUT2D eigenvalue weighted by molar-refractivity contribution is 6.17. The maximum absolute atomic E-state index is 11.1. The Bertz CT molecular complexity index is 595. The molecule has 0 aliphatic carbocycles. The highest BCUT2D eigenvalue weighted by atomic mass is 35.5. The number of aromatic nitrogens is 1. The molecule has 0 saturated heterocycles. The number of alkyl halides is 1. The molecule has 0 unspecified atom stereocenters. The normalized spacial score (nSPS) is 10.6. The summed E-state index contributed by atoms with van der Waals surface area (Å²) in [5.41, 5.74) is 1.11. The van der Waals surface area contributed by atoms with E-state index < -0.39 is 4.92 Å². The second kappa shape index (κ2) is 5.84. The molecule has 5 nitrogen and oxygen atoms in total. The third kappa shape index (κ3) is 2.93. The molecule has 0 saturated carbocycles. The molecule has 2 aromatic rings. The third-order valence-corrected chi connectivity index (χ3v) is 3.03. The lowest BCUT2D eigenvalue weighted by atomic mass is 10.1. The fourth-order valence-corrected chi connectivity index (χ4v) is 2.00. The van der Waals surface area contributed by atoms with Crippen molar-refractivity contribution in [3.63, 3.8) is 0 Å². The van der Waals surface area contributed by atoms with Gasteiger partial charge in [-0.15, -0.1) is 11.6 Å². The van der Waals surface area contributed by atoms with Crippen LogP contribution in [-0.4, -0.2) is 15.8 Å². The minimum Gasteiger partial charge on any atom is -0.440 e. The van der Waals surface area contributed by atoms with Crippen molar-refractivity contribution in [3.8, 4) is 11.3 Å². The minimum absolute atomic E-state index is 0.0579. The van der Waals surface area contributed by atoms with Crippen LogP contribution in [0.25, 0.3) is 11.3 Å². The number of hydrogen-bond acceptors (Lipinski definition) is 4. The van der Waals surface area contributed by atoms with E-state index in [1.165, 1.54) is 6.20 Å². The number of halogens is 1. The quantitative estimate of drug-likeness (QED) is 0.475. The van der Waals surface area contributed by atoms with Crippen molar-refractivity contribution in [2.75, 3.05) is 5.88 Å². The molecule has 6 heteroatoms. The summed E-state index contributed by atoms with van der Waals surface area (Å²) in [5, 5.41) is 11.1. The minimum atomic E-state index is -0.397. The molecule has 0 atom stereocenters. The van der Waals surface area contributed by atoms with Gasteiger partial charge in [-0.1, -0.05) is 12.1 Å². The van der Waals surface area contributed by atoms with E-state index in [1.54, 1.807) is 25.1 Å². The monoisotopic (exact) mass is 280 g/mol. The van der Waals surface area contributed by atoms with Crippen LogP contribution in [0.3, 0.4) is 0 Å². The van der Waals surface area contributed by atoms with Crippen LogP contribution in [0.1, 0.15) is 17.9 Å². The lowest BCUT2D eigenvalue weighted by Gasteiger charge is -2.01. The van der Waals surface area contributed by atoms with Gasteiger partial charge in [0, 0.05) is 17.9 Å². The van der Waals surface area contributed by atoms with Crippen LogP contribution in [0.15, 0.2) is 28.8 Å². The molecular weight excluding hydrogens is 268 g/mol. The number of hydrogen-bond donors (Lipinski definition) is 0. The second-order valence-corrected chi connectivity index (χ2v) is 4.52. The first-order chi connectivity index (χ1) is 9.13. The van der Waals surface area contributed by atoms with Gasteiger partial charge in [0.25, 0.3) is 5.69 Å². The number of para-hydroxylation sites is 1. The standard InChI is InChI=1S/C13H13ClN2O3/c1-9-4-2-5-10(13(9)16(17)18)11-8-15-12(19-11)6-3-7-14/h2,4-5,8H,3,6-7H2,1H3.